The van der Waals surface area contributed by atoms with Crippen LogP contribution >= 0.6 is 15.9 Å². The maximum absolute atomic E-state index is 13.1. The number of guanidine groups is 1. The summed E-state index contributed by atoms with van der Waals surface area (Å²) in [6.45, 7) is 2.93. The summed E-state index contributed by atoms with van der Waals surface area (Å²) in [6.07, 6.45) is -5.08. The largest absolute Gasteiger partial charge is 0.490 e. The molecule has 0 fully saturated rings. The monoisotopic (exact) mass is 511 g/mol. The summed E-state index contributed by atoms with van der Waals surface area (Å²) in [5.74, 6) is -2.42. The van der Waals surface area contributed by atoms with Gasteiger partial charge in [0.1, 0.15) is 5.82 Å². The van der Waals surface area contributed by atoms with Gasteiger partial charge in [-0.15, -0.1) is 0 Å². The van der Waals surface area contributed by atoms with Crippen molar-refractivity contribution in [1.82, 2.24) is 0 Å². The molecule has 168 valence electrons. The average Bonchev–Trinajstić information content (AvgIpc) is 3.07. The minimum atomic E-state index is -5.08. The molecule has 1 aliphatic heterocycles. The number of halogens is 5. The predicted octanol–water partition coefficient (Wildman–Crippen LogP) is 6.35. The molecule has 0 saturated carbocycles. The molecule has 4 rings (SSSR count). The summed E-state index contributed by atoms with van der Waals surface area (Å²) in [5.41, 5.74) is 3.03. The van der Waals surface area contributed by atoms with Gasteiger partial charge < -0.3 is 15.3 Å². The van der Waals surface area contributed by atoms with E-state index in [0.717, 1.165) is 16.7 Å². The Balaban J connectivity index is 0.000000360. The smallest absolute Gasteiger partial charge is 0.475 e. The van der Waals surface area contributed by atoms with E-state index in [-0.39, 0.29) is 5.82 Å². The van der Waals surface area contributed by atoms with Crippen molar-refractivity contribution in [3.05, 3.63) is 70.5 Å². The van der Waals surface area contributed by atoms with E-state index in [1.165, 1.54) is 28.5 Å². The van der Waals surface area contributed by atoms with Gasteiger partial charge in [0.15, 0.2) is 5.96 Å². The first-order valence-corrected chi connectivity index (χ1v) is 10.2. The number of fused-ring (bicyclic) bond motifs is 3. The second kappa shape index (κ2) is 9.15. The molecular formula is C22H18BrF4N3O2. The molecule has 10 heteroatoms. The second-order valence-electron chi connectivity index (χ2n) is 7.13. The van der Waals surface area contributed by atoms with Crippen LogP contribution in [0.4, 0.5) is 28.9 Å². The minimum Gasteiger partial charge on any atom is -0.475 e. The highest BCUT2D eigenvalue weighted by Crippen LogP contribution is 2.42. The van der Waals surface area contributed by atoms with Crippen molar-refractivity contribution in [2.75, 3.05) is 16.8 Å². The molecule has 0 aromatic heterocycles. The molecule has 1 heterocycles. The van der Waals surface area contributed by atoms with Gasteiger partial charge in [-0.1, -0.05) is 41.1 Å². The van der Waals surface area contributed by atoms with Crippen LogP contribution in [0.15, 0.2) is 59.1 Å². The Morgan fingerprint density at radius 2 is 1.75 bits per heavy atom. The standard InChI is InChI=1S/C20H17BrFN3.C2HF3O2/c1-12-11-25(20(23)24-14-7-5-13(22)6-8-14)18-10-9-15-16(19(12)18)3-2-4-17(15)21;3-2(4,5)1(6)7/h2-10,12H,11H2,1H3,(H2,23,24);(H,6,7). The lowest BCUT2D eigenvalue weighted by molar-refractivity contribution is -0.192. The highest BCUT2D eigenvalue weighted by atomic mass is 79.9. The molecule has 3 aromatic carbocycles. The predicted molar refractivity (Wildman–Crippen MR) is 119 cm³/mol. The van der Waals surface area contributed by atoms with E-state index in [9.17, 15) is 17.6 Å². The van der Waals surface area contributed by atoms with Crippen molar-refractivity contribution in [3.63, 3.8) is 0 Å². The number of carbonyl (C=O) groups is 1. The molecule has 1 unspecified atom stereocenters. The summed E-state index contributed by atoms with van der Waals surface area (Å²) < 4.78 is 45.9. The van der Waals surface area contributed by atoms with Crippen LogP contribution in [0.1, 0.15) is 18.4 Å². The SMILES string of the molecule is CC1CN(C(=N)Nc2ccc(F)cc2)c2ccc3c(Br)cccc3c21.O=C(O)C(F)(F)F. The molecule has 1 atom stereocenters. The molecule has 32 heavy (non-hydrogen) atoms. The van der Waals surface area contributed by atoms with Crippen molar-refractivity contribution in [1.29, 1.82) is 5.41 Å². The maximum Gasteiger partial charge on any atom is 0.490 e. The number of aliphatic carboxylic acids is 1. The van der Waals surface area contributed by atoms with Gasteiger partial charge in [-0.2, -0.15) is 13.2 Å². The molecule has 3 aromatic rings. The number of carboxylic acids is 1. The van der Waals surface area contributed by atoms with Crippen molar-refractivity contribution < 1.29 is 27.5 Å². The highest BCUT2D eigenvalue weighted by molar-refractivity contribution is 9.10. The van der Waals surface area contributed by atoms with Crippen LogP contribution < -0.4 is 10.2 Å². The third kappa shape index (κ3) is 5.01. The highest BCUT2D eigenvalue weighted by Gasteiger charge is 2.38. The second-order valence-corrected chi connectivity index (χ2v) is 7.98. The normalized spacial score (nSPS) is 15.1. The number of alkyl halides is 3. The van der Waals surface area contributed by atoms with Gasteiger partial charge in [0.25, 0.3) is 0 Å². The van der Waals surface area contributed by atoms with Crippen LogP contribution in [0.3, 0.4) is 0 Å². The number of nitrogens with zero attached hydrogens (tertiary/aromatic N) is 1. The molecule has 0 saturated heterocycles. The third-order valence-electron chi connectivity index (χ3n) is 4.89. The zero-order valence-corrected chi connectivity index (χ0v) is 18.3. The molecule has 5 nitrogen and oxygen atoms in total. The van der Waals surface area contributed by atoms with Crippen molar-refractivity contribution in [3.8, 4) is 0 Å². The van der Waals surface area contributed by atoms with Gasteiger partial charge in [-0.25, -0.2) is 9.18 Å². The summed E-state index contributed by atoms with van der Waals surface area (Å²) >= 11 is 3.62. The van der Waals surface area contributed by atoms with Crippen LogP contribution in [0.5, 0.6) is 0 Å². The van der Waals surface area contributed by atoms with Gasteiger partial charge in [0.05, 0.1) is 0 Å². The summed E-state index contributed by atoms with van der Waals surface area (Å²) in [4.78, 5) is 10.9. The summed E-state index contributed by atoms with van der Waals surface area (Å²) in [5, 5.41) is 21.1. The first kappa shape index (κ1) is 23.5. The fourth-order valence-corrected chi connectivity index (χ4v) is 4.00. The Morgan fingerprint density at radius 1 is 1.12 bits per heavy atom. The molecular weight excluding hydrogens is 494 g/mol. The average molecular weight is 512 g/mol. The van der Waals surface area contributed by atoms with Crippen LogP contribution in [-0.4, -0.2) is 29.8 Å². The summed E-state index contributed by atoms with van der Waals surface area (Å²) in [6, 6.07) is 16.5. The fourth-order valence-electron chi connectivity index (χ4n) is 3.50. The van der Waals surface area contributed by atoms with Gasteiger partial charge >= 0.3 is 12.1 Å². The number of hydrogen-bond donors (Lipinski definition) is 3. The lowest BCUT2D eigenvalue weighted by atomic mass is 9.96. The first-order valence-electron chi connectivity index (χ1n) is 9.39. The molecule has 0 amide bonds. The molecule has 0 aliphatic carbocycles. The molecule has 0 spiro atoms. The van der Waals surface area contributed by atoms with Crippen LogP contribution in [-0.2, 0) is 4.79 Å². The lowest BCUT2D eigenvalue weighted by Gasteiger charge is -2.21. The Morgan fingerprint density at radius 3 is 2.34 bits per heavy atom. The Hall–Kier alpha value is -3.14. The number of carboxylic acid groups (broad SMARTS) is 1. The Labute approximate surface area is 189 Å². The van der Waals surface area contributed by atoms with Crippen LogP contribution in [0.2, 0.25) is 0 Å². The van der Waals surface area contributed by atoms with Crippen LogP contribution in [0, 0.1) is 11.2 Å². The van der Waals surface area contributed by atoms with Crippen LogP contribution in [0.25, 0.3) is 10.8 Å². The zero-order chi connectivity index (χ0) is 23.6. The van der Waals surface area contributed by atoms with Crippen molar-refractivity contribution in [2.24, 2.45) is 0 Å². The molecule has 0 bridgehead atoms. The topological polar surface area (TPSA) is 76.4 Å². The Bertz CT molecular complexity index is 1170. The number of hydrogen-bond acceptors (Lipinski definition) is 2. The maximum atomic E-state index is 13.1. The van der Waals surface area contributed by atoms with Gasteiger partial charge in [-0.3, -0.25) is 5.41 Å². The first-order chi connectivity index (χ1) is 15.0. The third-order valence-corrected chi connectivity index (χ3v) is 5.58. The van der Waals surface area contributed by atoms with E-state index in [1.54, 1.807) is 12.1 Å². The van der Waals surface area contributed by atoms with Crippen molar-refractivity contribution >= 4 is 50.0 Å². The minimum absolute atomic E-state index is 0.283. The number of rotatable bonds is 1. The van der Waals surface area contributed by atoms with E-state index in [1.807, 2.05) is 17.0 Å². The van der Waals surface area contributed by atoms with E-state index in [4.69, 9.17) is 15.3 Å². The summed E-state index contributed by atoms with van der Waals surface area (Å²) in [7, 11) is 0. The van der Waals surface area contributed by atoms with Gasteiger partial charge in [0.2, 0.25) is 0 Å². The molecule has 1 aliphatic rings. The van der Waals surface area contributed by atoms with Gasteiger partial charge in [0, 0.05) is 28.3 Å². The molecule has 0 radical (unpaired) electrons. The zero-order valence-electron chi connectivity index (χ0n) is 16.7. The van der Waals surface area contributed by atoms with E-state index >= 15 is 0 Å². The fraction of sp³-hybridized carbons (Fsp3) is 0.182. The lowest BCUT2D eigenvalue weighted by Crippen LogP contribution is -2.34. The number of anilines is 2. The van der Waals surface area contributed by atoms with E-state index in [2.05, 4.69) is 46.4 Å². The number of nitrogens with one attached hydrogen (secondary N) is 2. The van der Waals surface area contributed by atoms with Gasteiger partial charge in [-0.05, 0) is 52.7 Å². The number of benzene rings is 3. The Kier molecular flexibility index (Phi) is 6.73. The van der Waals surface area contributed by atoms with Crippen molar-refractivity contribution in [2.45, 2.75) is 19.0 Å². The van der Waals surface area contributed by atoms with E-state index < -0.39 is 12.1 Å². The quantitative estimate of drug-likeness (QED) is 0.202. The van der Waals surface area contributed by atoms with E-state index in [0.29, 0.717) is 17.6 Å². The molecule has 3 N–H and O–H groups in total.